The molecule has 0 aliphatic heterocycles. The zero-order valence-corrected chi connectivity index (χ0v) is 12.3. The van der Waals surface area contributed by atoms with Crippen molar-refractivity contribution in [2.45, 2.75) is 26.2 Å². The van der Waals surface area contributed by atoms with Crippen LogP contribution in [0.15, 0.2) is 48.5 Å². The highest BCUT2D eigenvalue weighted by molar-refractivity contribution is 5.33. The summed E-state index contributed by atoms with van der Waals surface area (Å²) in [4.78, 5) is 0. The fraction of sp³-hybridized carbons (Fsp3) is 0.333. The lowest BCUT2D eigenvalue weighted by Gasteiger charge is -2.07. The summed E-state index contributed by atoms with van der Waals surface area (Å²) in [5.41, 5.74) is 2.57. The molecule has 2 aromatic carbocycles. The van der Waals surface area contributed by atoms with E-state index in [1.807, 2.05) is 12.1 Å². The van der Waals surface area contributed by atoms with Crippen molar-refractivity contribution >= 4 is 0 Å². The highest BCUT2D eigenvalue weighted by Gasteiger charge is 1.99. The topological polar surface area (TPSA) is 18.5 Å². The first-order valence-corrected chi connectivity index (χ1v) is 7.16. The van der Waals surface area contributed by atoms with Crippen LogP contribution in [0.2, 0.25) is 0 Å². The van der Waals surface area contributed by atoms with Crippen molar-refractivity contribution in [2.24, 2.45) is 0 Å². The van der Waals surface area contributed by atoms with E-state index in [-0.39, 0.29) is 0 Å². The Kier molecular flexibility index (Phi) is 5.48. The zero-order valence-electron chi connectivity index (χ0n) is 12.3. The molecule has 0 N–H and O–H groups in total. The monoisotopic (exact) mass is 270 g/mol. The SMILES string of the molecule is CCCCOc1ccc(Cc2ccc(OC)cc2)cc1. The molecule has 2 heteroatoms. The largest absolute Gasteiger partial charge is 0.497 e. The highest BCUT2D eigenvalue weighted by atomic mass is 16.5. The van der Waals surface area contributed by atoms with Crippen LogP contribution in [0.25, 0.3) is 0 Å². The van der Waals surface area contributed by atoms with E-state index in [9.17, 15) is 0 Å². The van der Waals surface area contributed by atoms with Gasteiger partial charge in [-0.3, -0.25) is 0 Å². The quantitative estimate of drug-likeness (QED) is 0.691. The fourth-order valence-corrected chi connectivity index (χ4v) is 2.02. The number of methoxy groups -OCH3 is 1. The van der Waals surface area contributed by atoms with E-state index < -0.39 is 0 Å². The summed E-state index contributed by atoms with van der Waals surface area (Å²) in [6.45, 7) is 2.97. The first-order chi connectivity index (χ1) is 9.81. The lowest BCUT2D eigenvalue weighted by atomic mass is 10.0. The molecule has 0 heterocycles. The second kappa shape index (κ2) is 7.59. The lowest BCUT2D eigenvalue weighted by molar-refractivity contribution is 0.309. The molecule has 0 aliphatic rings. The summed E-state index contributed by atoms with van der Waals surface area (Å²) in [5, 5.41) is 0. The van der Waals surface area contributed by atoms with Crippen LogP contribution in [0.3, 0.4) is 0 Å². The number of rotatable bonds is 7. The van der Waals surface area contributed by atoms with Gasteiger partial charge in [0.1, 0.15) is 11.5 Å². The second-order valence-electron chi connectivity index (χ2n) is 4.87. The molecular weight excluding hydrogens is 248 g/mol. The van der Waals surface area contributed by atoms with E-state index in [0.717, 1.165) is 37.4 Å². The minimum absolute atomic E-state index is 0.800. The molecule has 0 atom stereocenters. The van der Waals surface area contributed by atoms with Gasteiger partial charge in [0.15, 0.2) is 0 Å². The summed E-state index contributed by atoms with van der Waals surface area (Å²) in [5.74, 6) is 1.85. The molecule has 0 saturated carbocycles. The molecule has 2 nitrogen and oxygen atoms in total. The Balaban J connectivity index is 1.92. The van der Waals surface area contributed by atoms with Crippen LogP contribution in [0, 0.1) is 0 Å². The maximum Gasteiger partial charge on any atom is 0.119 e. The molecule has 0 fully saturated rings. The van der Waals surface area contributed by atoms with Gasteiger partial charge in [-0.15, -0.1) is 0 Å². The lowest BCUT2D eigenvalue weighted by Crippen LogP contribution is -1.96. The Bertz CT molecular complexity index is 500. The minimum Gasteiger partial charge on any atom is -0.497 e. The molecule has 0 radical (unpaired) electrons. The summed E-state index contributed by atoms with van der Waals surface area (Å²) in [7, 11) is 1.69. The summed E-state index contributed by atoms with van der Waals surface area (Å²) in [6.07, 6.45) is 3.20. The fourth-order valence-electron chi connectivity index (χ4n) is 2.02. The number of hydrogen-bond donors (Lipinski definition) is 0. The average Bonchev–Trinajstić information content (AvgIpc) is 2.50. The average molecular weight is 270 g/mol. The van der Waals surface area contributed by atoms with Gasteiger partial charge in [0.25, 0.3) is 0 Å². The van der Waals surface area contributed by atoms with Gasteiger partial charge in [-0.25, -0.2) is 0 Å². The summed E-state index contributed by atoms with van der Waals surface area (Å²) >= 11 is 0. The maximum atomic E-state index is 5.67. The zero-order chi connectivity index (χ0) is 14.2. The van der Waals surface area contributed by atoms with Crippen molar-refractivity contribution in [3.05, 3.63) is 59.7 Å². The van der Waals surface area contributed by atoms with E-state index in [2.05, 4.69) is 43.3 Å². The molecule has 0 saturated heterocycles. The van der Waals surface area contributed by atoms with Gasteiger partial charge in [-0.2, -0.15) is 0 Å². The third-order valence-electron chi connectivity index (χ3n) is 3.26. The van der Waals surface area contributed by atoms with Crippen molar-refractivity contribution in [1.29, 1.82) is 0 Å². The van der Waals surface area contributed by atoms with Crippen LogP contribution in [0.5, 0.6) is 11.5 Å². The Morgan fingerprint density at radius 3 is 1.85 bits per heavy atom. The smallest absolute Gasteiger partial charge is 0.119 e. The van der Waals surface area contributed by atoms with Crippen molar-refractivity contribution in [2.75, 3.05) is 13.7 Å². The predicted octanol–water partition coefficient (Wildman–Crippen LogP) is 4.46. The highest BCUT2D eigenvalue weighted by Crippen LogP contribution is 2.17. The van der Waals surface area contributed by atoms with Crippen LogP contribution >= 0.6 is 0 Å². The Morgan fingerprint density at radius 1 is 0.800 bits per heavy atom. The Hall–Kier alpha value is -1.96. The van der Waals surface area contributed by atoms with Gasteiger partial charge < -0.3 is 9.47 Å². The van der Waals surface area contributed by atoms with Crippen LogP contribution in [-0.2, 0) is 6.42 Å². The molecule has 0 unspecified atom stereocenters. The Morgan fingerprint density at radius 2 is 1.35 bits per heavy atom. The molecule has 20 heavy (non-hydrogen) atoms. The van der Waals surface area contributed by atoms with Crippen LogP contribution in [0.4, 0.5) is 0 Å². The molecule has 0 aliphatic carbocycles. The van der Waals surface area contributed by atoms with Gasteiger partial charge in [0, 0.05) is 0 Å². The number of hydrogen-bond acceptors (Lipinski definition) is 2. The standard InChI is InChI=1S/C18H22O2/c1-3-4-13-20-18-11-7-16(8-12-18)14-15-5-9-17(19-2)10-6-15/h5-12H,3-4,13-14H2,1-2H3. The normalized spacial score (nSPS) is 10.3. The van der Waals surface area contributed by atoms with E-state index in [1.165, 1.54) is 11.1 Å². The third-order valence-corrected chi connectivity index (χ3v) is 3.26. The molecule has 0 amide bonds. The van der Waals surface area contributed by atoms with Gasteiger partial charge in [0.2, 0.25) is 0 Å². The van der Waals surface area contributed by atoms with Gasteiger partial charge in [0.05, 0.1) is 13.7 Å². The van der Waals surface area contributed by atoms with Gasteiger partial charge >= 0.3 is 0 Å². The summed E-state index contributed by atoms with van der Waals surface area (Å²) in [6, 6.07) is 16.6. The summed E-state index contributed by atoms with van der Waals surface area (Å²) < 4.78 is 10.8. The van der Waals surface area contributed by atoms with Crippen molar-refractivity contribution < 1.29 is 9.47 Å². The predicted molar refractivity (Wildman–Crippen MR) is 82.6 cm³/mol. The maximum absolute atomic E-state index is 5.67. The van der Waals surface area contributed by atoms with Gasteiger partial charge in [-0.1, -0.05) is 37.6 Å². The van der Waals surface area contributed by atoms with E-state index in [4.69, 9.17) is 9.47 Å². The first kappa shape index (κ1) is 14.4. The van der Waals surface area contributed by atoms with Gasteiger partial charge in [-0.05, 0) is 48.2 Å². The molecule has 2 rings (SSSR count). The molecule has 0 aromatic heterocycles. The molecule has 0 spiro atoms. The van der Waals surface area contributed by atoms with E-state index in [1.54, 1.807) is 7.11 Å². The minimum atomic E-state index is 0.800. The van der Waals surface area contributed by atoms with Crippen LogP contribution in [0.1, 0.15) is 30.9 Å². The van der Waals surface area contributed by atoms with Crippen molar-refractivity contribution in [1.82, 2.24) is 0 Å². The second-order valence-corrected chi connectivity index (χ2v) is 4.87. The number of ether oxygens (including phenoxy) is 2. The first-order valence-electron chi connectivity index (χ1n) is 7.16. The number of benzene rings is 2. The number of unbranched alkanes of at least 4 members (excludes halogenated alkanes) is 1. The molecule has 0 bridgehead atoms. The Labute approximate surface area is 121 Å². The molecule has 2 aromatic rings. The third kappa shape index (κ3) is 4.30. The molecular formula is C18H22O2. The van der Waals surface area contributed by atoms with E-state index in [0.29, 0.717) is 0 Å². The van der Waals surface area contributed by atoms with Crippen LogP contribution < -0.4 is 9.47 Å². The van der Waals surface area contributed by atoms with E-state index >= 15 is 0 Å². The van der Waals surface area contributed by atoms with Crippen molar-refractivity contribution in [3.8, 4) is 11.5 Å². The van der Waals surface area contributed by atoms with Crippen LogP contribution in [-0.4, -0.2) is 13.7 Å². The molecule has 106 valence electrons. The van der Waals surface area contributed by atoms with Crippen molar-refractivity contribution in [3.63, 3.8) is 0 Å².